The molecule has 2 N–H and O–H groups in total. The molecule has 0 radical (unpaired) electrons. The average Bonchev–Trinajstić information content (AvgIpc) is 2.72. The van der Waals surface area contributed by atoms with E-state index in [1.165, 1.54) is 0 Å². The van der Waals surface area contributed by atoms with Gasteiger partial charge in [0.05, 0.1) is 12.0 Å². The van der Waals surface area contributed by atoms with Crippen molar-refractivity contribution in [3.8, 4) is 0 Å². The Morgan fingerprint density at radius 2 is 2.22 bits per heavy atom. The van der Waals surface area contributed by atoms with Gasteiger partial charge < -0.3 is 4.74 Å². The second-order valence-corrected chi connectivity index (χ2v) is 3.60. The van der Waals surface area contributed by atoms with Crippen LogP contribution in [0.1, 0.15) is 12.6 Å². The van der Waals surface area contributed by atoms with E-state index in [-0.39, 0.29) is 12.4 Å². The van der Waals surface area contributed by atoms with Crippen molar-refractivity contribution in [1.29, 1.82) is 0 Å². The molecule has 2 rings (SSSR count). The largest absolute Gasteiger partial charge is 0.459 e. The van der Waals surface area contributed by atoms with E-state index in [0.717, 1.165) is 5.69 Å². The van der Waals surface area contributed by atoms with Crippen LogP contribution in [0.2, 0.25) is 0 Å². The van der Waals surface area contributed by atoms with Crippen LogP contribution in [0.3, 0.4) is 0 Å². The molecule has 0 fully saturated rings. The van der Waals surface area contributed by atoms with E-state index in [4.69, 9.17) is 0 Å². The number of nitrogens with one attached hydrogen (secondary N) is 2. The molecule has 0 saturated heterocycles. The normalized spacial score (nSPS) is 10.3. The molecular weight excluding hydrogens is 236 g/mol. The summed E-state index contributed by atoms with van der Waals surface area (Å²) in [4.78, 5) is 26.8. The summed E-state index contributed by atoms with van der Waals surface area (Å²) < 4.78 is 4.58. The minimum atomic E-state index is -0.936. The maximum absolute atomic E-state index is 11.5. The van der Waals surface area contributed by atoms with Crippen molar-refractivity contribution in [1.82, 2.24) is 15.2 Å². The lowest BCUT2D eigenvalue weighted by Gasteiger charge is -2.01. The molecule has 94 valence electrons. The average molecular weight is 248 g/mol. The number of carbonyl (C=O) groups excluding carboxylic acids is 2. The van der Waals surface area contributed by atoms with Gasteiger partial charge in [-0.25, -0.2) is 9.78 Å². The number of nitrogens with zero attached hydrogens (tertiary/aromatic N) is 2. The molecule has 0 aliphatic rings. The second kappa shape index (κ2) is 4.82. The number of fused-ring (bicyclic) bond motifs is 1. The Morgan fingerprint density at radius 3 is 2.94 bits per heavy atom. The van der Waals surface area contributed by atoms with E-state index in [9.17, 15) is 9.59 Å². The van der Waals surface area contributed by atoms with Gasteiger partial charge in [-0.1, -0.05) is 0 Å². The number of pyridine rings is 1. The lowest BCUT2D eigenvalue weighted by Crippen LogP contribution is -2.25. The number of amides is 1. The zero-order valence-electron chi connectivity index (χ0n) is 9.98. The zero-order chi connectivity index (χ0) is 13.1. The number of aromatic amines is 1. The summed E-state index contributed by atoms with van der Waals surface area (Å²) in [5.74, 6) is -1.53. The number of esters is 1. The zero-order valence-corrected chi connectivity index (χ0v) is 9.98. The highest BCUT2D eigenvalue weighted by atomic mass is 16.5. The van der Waals surface area contributed by atoms with E-state index in [0.29, 0.717) is 11.0 Å². The molecular formula is C11H12N4O3. The molecule has 2 heterocycles. The molecule has 7 nitrogen and oxygen atoms in total. The Bertz CT molecular complexity index is 605. The van der Waals surface area contributed by atoms with E-state index >= 15 is 0 Å². The van der Waals surface area contributed by atoms with Crippen molar-refractivity contribution >= 4 is 28.7 Å². The number of aryl methyl sites for hydroxylation is 1. The van der Waals surface area contributed by atoms with Crippen LogP contribution in [0.25, 0.3) is 11.0 Å². The van der Waals surface area contributed by atoms with Crippen molar-refractivity contribution in [2.45, 2.75) is 13.8 Å². The summed E-state index contributed by atoms with van der Waals surface area (Å²) in [6.07, 6.45) is 0. The van der Waals surface area contributed by atoms with E-state index in [2.05, 4.69) is 25.2 Å². The summed E-state index contributed by atoms with van der Waals surface area (Å²) in [7, 11) is 0. The Labute approximate surface area is 103 Å². The summed E-state index contributed by atoms with van der Waals surface area (Å²) in [6, 6.07) is 3.56. The molecule has 0 aromatic carbocycles. The SMILES string of the molecule is CCOC(=O)C(=O)Nc1n[nH]c2nc(C)ccc12. The van der Waals surface area contributed by atoms with Crippen LogP contribution in [-0.4, -0.2) is 33.7 Å². The van der Waals surface area contributed by atoms with Gasteiger partial charge >= 0.3 is 11.9 Å². The first-order chi connectivity index (χ1) is 8.61. The smallest absolute Gasteiger partial charge is 0.397 e. The molecule has 0 saturated carbocycles. The molecule has 7 heteroatoms. The standard InChI is InChI=1S/C11H12N4O3/c1-3-18-11(17)10(16)13-9-7-5-4-6(2)12-8(7)14-15-9/h4-5H,3H2,1-2H3,(H2,12,13,14,15,16). The minimum absolute atomic E-state index is 0.147. The topological polar surface area (TPSA) is 97.0 Å². The number of rotatable bonds is 2. The maximum atomic E-state index is 11.5. The highest BCUT2D eigenvalue weighted by Crippen LogP contribution is 2.18. The number of hydrogen-bond acceptors (Lipinski definition) is 5. The number of H-pyrrole nitrogens is 1. The van der Waals surface area contributed by atoms with Gasteiger partial charge in [-0.3, -0.25) is 15.2 Å². The predicted octanol–water partition coefficient (Wildman–Crippen LogP) is 0.768. The van der Waals surface area contributed by atoms with Crippen LogP contribution < -0.4 is 5.32 Å². The van der Waals surface area contributed by atoms with Crippen LogP contribution in [-0.2, 0) is 14.3 Å². The fourth-order valence-electron chi connectivity index (χ4n) is 1.45. The number of hydrogen-bond donors (Lipinski definition) is 2. The molecule has 0 atom stereocenters. The van der Waals surface area contributed by atoms with Gasteiger partial charge in [0.2, 0.25) is 0 Å². The van der Waals surface area contributed by atoms with Gasteiger partial charge in [0.25, 0.3) is 0 Å². The third-order valence-electron chi connectivity index (χ3n) is 2.26. The van der Waals surface area contributed by atoms with E-state index in [1.807, 2.05) is 6.92 Å². The molecule has 0 aliphatic carbocycles. The highest BCUT2D eigenvalue weighted by molar-refractivity contribution is 6.37. The maximum Gasteiger partial charge on any atom is 0.397 e. The summed E-state index contributed by atoms with van der Waals surface area (Å²) in [5.41, 5.74) is 1.38. The fraction of sp³-hybridized carbons (Fsp3) is 0.273. The minimum Gasteiger partial charge on any atom is -0.459 e. The second-order valence-electron chi connectivity index (χ2n) is 3.60. The van der Waals surface area contributed by atoms with Gasteiger partial charge in [-0.05, 0) is 26.0 Å². The Balaban J connectivity index is 2.22. The lowest BCUT2D eigenvalue weighted by atomic mass is 10.3. The highest BCUT2D eigenvalue weighted by Gasteiger charge is 2.17. The van der Waals surface area contributed by atoms with Crippen LogP contribution in [0.15, 0.2) is 12.1 Å². The fourth-order valence-corrected chi connectivity index (χ4v) is 1.45. The first kappa shape index (κ1) is 12.0. The van der Waals surface area contributed by atoms with E-state index in [1.54, 1.807) is 19.1 Å². The van der Waals surface area contributed by atoms with Crippen molar-refractivity contribution in [2.75, 3.05) is 11.9 Å². The number of ether oxygens (including phenoxy) is 1. The monoisotopic (exact) mass is 248 g/mol. The number of aromatic nitrogens is 3. The predicted molar refractivity (Wildman–Crippen MR) is 63.9 cm³/mol. The van der Waals surface area contributed by atoms with Gasteiger partial charge in [0.1, 0.15) is 0 Å². The van der Waals surface area contributed by atoms with E-state index < -0.39 is 11.9 Å². The van der Waals surface area contributed by atoms with Gasteiger partial charge in [-0.2, -0.15) is 5.10 Å². The summed E-state index contributed by atoms with van der Waals surface area (Å²) in [6.45, 7) is 3.62. The molecule has 0 unspecified atom stereocenters. The number of carbonyl (C=O) groups is 2. The molecule has 0 bridgehead atoms. The molecule has 2 aromatic heterocycles. The Hall–Kier alpha value is -2.44. The molecule has 0 aliphatic heterocycles. The lowest BCUT2D eigenvalue weighted by molar-refractivity contribution is -0.152. The van der Waals surface area contributed by atoms with Crippen molar-refractivity contribution in [2.24, 2.45) is 0 Å². The van der Waals surface area contributed by atoms with Crippen LogP contribution in [0, 0.1) is 6.92 Å². The van der Waals surface area contributed by atoms with Crippen molar-refractivity contribution < 1.29 is 14.3 Å². The van der Waals surface area contributed by atoms with Crippen molar-refractivity contribution in [3.05, 3.63) is 17.8 Å². The summed E-state index contributed by atoms with van der Waals surface area (Å²) >= 11 is 0. The van der Waals surface area contributed by atoms with Crippen molar-refractivity contribution in [3.63, 3.8) is 0 Å². The van der Waals surface area contributed by atoms with Gasteiger partial charge in [0.15, 0.2) is 11.5 Å². The molecule has 2 aromatic rings. The van der Waals surface area contributed by atoms with Crippen LogP contribution in [0.4, 0.5) is 5.82 Å². The molecule has 0 spiro atoms. The third-order valence-corrected chi connectivity index (χ3v) is 2.26. The number of anilines is 1. The molecule has 1 amide bonds. The van der Waals surface area contributed by atoms with Gasteiger partial charge in [0, 0.05) is 5.69 Å². The summed E-state index contributed by atoms with van der Waals surface area (Å²) in [5, 5.41) is 9.58. The first-order valence-electron chi connectivity index (χ1n) is 5.41. The van der Waals surface area contributed by atoms with Crippen LogP contribution in [0.5, 0.6) is 0 Å². The van der Waals surface area contributed by atoms with Crippen LogP contribution >= 0.6 is 0 Å². The molecule has 18 heavy (non-hydrogen) atoms. The first-order valence-corrected chi connectivity index (χ1v) is 5.41. The third kappa shape index (κ3) is 2.29. The van der Waals surface area contributed by atoms with Gasteiger partial charge in [-0.15, -0.1) is 0 Å². The Kier molecular flexibility index (Phi) is 3.22. The Morgan fingerprint density at radius 1 is 1.44 bits per heavy atom. The quantitative estimate of drug-likeness (QED) is 0.604.